The first-order valence-electron chi connectivity index (χ1n) is 8.32. The maximum atomic E-state index is 12.7. The summed E-state index contributed by atoms with van der Waals surface area (Å²) in [5.74, 6) is 0.0359. The summed E-state index contributed by atoms with van der Waals surface area (Å²) in [5.41, 5.74) is 9.92. The zero-order chi connectivity index (χ0) is 18.0. The van der Waals surface area contributed by atoms with Crippen molar-refractivity contribution in [3.8, 4) is 11.3 Å². The number of nitrogens with zero attached hydrogens (tertiary/aromatic N) is 2. The number of benzene rings is 1. The van der Waals surface area contributed by atoms with E-state index in [1.807, 2.05) is 38.1 Å². The van der Waals surface area contributed by atoms with E-state index < -0.39 is 0 Å². The van der Waals surface area contributed by atoms with E-state index in [2.05, 4.69) is 15.5 Å². The number of pyridine rings is 1. The van der Waals surface area contributed by atoms with Crippen LogP contribution >= 0.6 is 12.4 Å². The first-order valence-corrected chi connectivity index (χ1v) is 8.32. The highest BCUT2D eigenvalue weighted by Crippen LogP contribution is 2.27. The standard InChI is InChI=1S/C19H22N4O2.ClH/c1-11-4-6-14(7-5-11)16-8-15(18(24)21-10-12(2)9-20)17-13(3)23-25-19(17)22-16;/h4-8,12H,9-10,20H2,1-3H3,(H,21,24);1H. The van der Waals surface area contributed by atoms with Crippen LogP contribution in [0.1, 0.15) is 28.5 Å². The second kappa shape index (κ2) is 8.29. The number of aryl methyl sites for hydroxylation is 2. The number of nitrogens with two attached hydrogens (primary N) is 1. The number of carbonyl (C=O) groups is 1. The lowest BCUT2D eigenvalue weighted by Gasteiger charge is -2.11. The van der Waals surface area contributed by atoms with E-state index in [-0.39, 0.29) is 24.2 Å². The minimum atomic E-state index is -0.174. The first-order chi connectivity index (χ1) is 12.0. The van der Waals surface area contributed by atoms with Gasteiger partial charge in [-0.1, -0.05) is 41.9 Å². The normalized spacial score (nSPS) is 11.8. The Bertz CT molecular complexity index is 906. The predicted octanol–water partition coefficient (Wildman–Crippen LogP) is 3.25. The van der Waals surface area contributed by atoms with Crippen LogP contribution in [0, 0.1) is 19.8 Å². The molecule has 0 spiro atoms. The summed E-state index contributed by atoms with van der Waals surface area (Å²) in [6.45, 7) is 6.86. The molecule has 2 heterocycles. The lowest BCUT2D eigenvalue weighted by molar-refractivity contribution is 0.0950. The van der Waals surface area contributed by atoms with Crippen molar-refractivity contribution in [2.45, 2.75) is 20.8 Å². The molecule has 1 atom stereocenters. The van der Waals surface area contributed by atoms with Gasteiger partial charge in [0.2, 0.25) is 0 Å². The molecule has 26 heavy (non-hydrogen) atoms. The summed E-state index contributed by atoms with van der Waals surface area (Å²) in [5, 5.41) is 7.54. The van der Waals surface area contributed by atoms with Crippen LogP contribution in [0.5, 0.6) is 0 Å². The molecule has 0 radical (unpaired) electrons. The van der Waals surface area contributed by atoms with Crippen LogP contribution < -0.4 is 11.1 Å². The molecule has 0 aliphatic carbocycles. The molecule has 0 saturated heterocycles. The van der Waals surface area contributed by atoms with Gasteiger partial charge in [0.15, 0.2) is 0 Å². The molecule has 2 aromatic heterocycles. The van der Waals surface area contributed by atoms with Crippen LogP contribution in [0.3, 0.4) is 0 Å². The minimum absolute atomic E-state index is 0. The number of rotatable bonds is 5. The number of halogens is 1. The summed E-state index contributed by atoms with van der Waals surface area (Å²) in [6.07, 6.45) is 0. The fourth-order valence-corrected chi connectivity index (χ4v) is 2.59. The molecule has 1 unspecified atom stereocenters. The summed E-state index contributed by atoms with van der Waals surface area (Å²) >= 11 is 0. The quantitative estimate of drug-likeness (QED) is 0.714. The van der Waals surface area contributed by atoms with Gasteiger partial charge < -0.3 is 15.6 Å². The number of carbonyl (C=O) groups excluding carboxylic acids is 1. The molecule has 7 heteroatoms. The number of nitrogens with one attached hydrogen (secondary N) is 1. The summed E-state index contributed by atoms with van der Waals surface area (Å²) in [7, 11) is 0. The van der Waals surface area contributed by atoms with Gasteiger partial charge in [-0.15, -0.1) is 12.4 Å². The minimum Gasteiger partial charge on any atom is -0.352 e. The second-order valence-electron chi connectivity index (χ2n) is 6.42. The lowest BCUT2D eigenvalue weighted by atomic mass is 10.0. The topological polar surface area (TPSA) is 94.0 Å². The Morgan fingerprint density at radius 2 is 1.96 bits per heavy atom. The average molecular weight is 375 g/mol. The van der Waals surface area contributed by atoms with Crippen molar-refractivity contribution in [1.82, 2.24) is 15.5 Å². The fraction of sp³-hybridized carbons (Fsp3) is 0.316. The largest absolute Gasteiger partial charge is 0.352 e. The second-order valence-corrected chi connectivity index (χ2v) is 6.42. The SMILES string of the molecule is Cc1ccc(-c2cc(C(=O)NCC(C)CN)c3c(C)noc3n2)cc1.Cl. The summed E-state index contributed by atoms with van der Waals surface area (Å²) < 4.78 is 5.31. The molecule has 0 aliphatic heterocycles. The van der Waals surface area contributed by atoms with E-state index in [1.54, 1.807) is 13.0 Å². The van der Waals surface area contributed by atoms with E-state index >= 15 is 0 Å². The van der Waals surface area contributed by atoms with E-state index in [4.69, 9.17) is 10.3 Å². The van der Waals surface area contributed by atoms with Gasteiger partial charge in [0.25, 0.3) is 11.6 Å². The molecular weight excluding hydrogens is 352 g/mol. The van der Waals surface area contributed by atoms with Gasteiger partial charge >= 0.3 is 0 Å². The average Bonchev–Trinajstić information content (AvgIpc) is 3.00. The Kier molecular flexibility index (Phi) is 6.34. The Balaban J connectivity index is 0.00000243. The summed E-state index contributed by atoms with van der Waals surface area (Å²) in [6, 6.07) is 9.76. The highest BCUT2D eigenvalue weighted by atomic mass is 35.5. The number of fused-ring (bicyclic) bond motifs is 1. The van der Waals surface area contributed by atoms with Crippen LogP contribution in [0.4, 0.5) is 0 Å². The zero-order valence-electron chi connectivity index (χ0n) is 15.1. The van der Waals surface area contributed by atoms with E-state index in [1.165, 1.54) is 0 Å². The van der Waals surface area contributed by atoms with Crippen molar-refractivity contribution >= 4 is 29.4 Å². The maximum absolute atomic E-state index is 12.7. The molecule has 0 bridgehead atoms. The Morgan fingerprint density at radius 3 is 2.62 bits per heavy atom. The zero-order valence-corrected chi connectivity index (χ0v) is 15.9. The van der Waals surface area contributed by atoms with Gasteiger partial charge in [0.05, 0.1) is 22.3 Å². The van der Waals surface area contributed by atoms with Crippen molar-refractivity contribution in [3.05, 3.63) is 47.2 Å². The molecule has 0 aliphatic rings. The number of aromatic nitrogens is 2. The molecule has 0 fully saturated rings. The van der Waals surface area contributed by atoms with E-state index in [0.29, 0.717) is 41.1 Å². The highest BCUT2D eigenvalue weighted by molar-refractivity contribution is 6.07. The third-order valence-electron chi connectivity index (χ3n) is 4.22. The molecule has 138 valence electrons. The molecule has 1 amide bonds. The van der Waals surface area contributed by atoms with Crippen molar-refractivity contribution in [3.63, 3.8) is 0 Å². The van der Waals surface area contributed by atoms with Gasteiger partial charge in [0, 0.05) is 12.1 Å². The lowest BCUT2D eigenvalue weighted by Crippen LogP contribution is -2.31. The smallest absolute Gasteiger partial charge is 0.259 e. The molecule has 3 aromatic rings. The maximum Gasteiger partial charge on any atom is 0.259 e. The molecule has 3 N–H and O–H groups in total. The molecule has 1 aromatic carbocycles. The number of amides is 1. The van der Waals surface area contributed by atoms with Gasteiger partial charge in [-0.3, -0.25) is 4.79 Å². The van der Waals surface area contributed by atoms with Crippen molar-refractivity contribution in [2.75, 3.05) is 13.1 Å². The summed E-state index contributed by atoms with van der Waals surface area (Å²) in [4.78, 5) is 17.2. The fourth-order valence-electron chi connectivity index (χ4n) is 2.59. The highest BCUT2D eigenvalue weighted by Gasteiger charge is 2.19. The molecule has 0 saturated carbocycles. The van der Waals surface area contributed by atoms with E-state index in [0.717, 1.165) is 11.1 Å². The van der Waals surface area contributed by atoms with Crippen LogP contribution in [-0.2, 0) is 0 Å². The monoisotopic (exact) mass is 374 g/mol. The van der Waals surface area contributed by atoms with Crippen molar-refractivity contribution in [2.24, 2.45) is 11.7 Å². The third kappa shape index (κ3) is 4.03. The Hall–Kier alpha value is -2.44. The first kappa shape index (κ1) is 19.9. The molecule has 3 rings (SSSR count). The molecule has 6 nitrogen and oxygen atoms in total. The van der Waals surface area contributed by atoms with Gasteiger partial charge in [-0.05, 0) is 32.4 Å². The van der Waals surface area contributed by atoms with Gasteiger partial charge in [-0.25, -0.2) is 4.98 Å². The Labute approximate surface area is 158 Å². The number of hydrogen-bond donors (Lipinski definition) is 2. The van der Waals surface area contributed by atoms with Crippen LogP contribution in [0.25, 0.3) is 22.4 Å². The van der Waals surface area contributed by atoms with Crippen molar-refractivity contribution < 1.29 is 9.32 Å². The van der Waals surface area contributed by atoms with Gasteiger partial charge in [0.1, 0.15) is 0 Å². The Morgan fingerprint density at radius 1 is 1.27 bits per heavy atom. The predicted molar refractivity (Wildman–Crippen MR) is 105 cm³/mol. The third-order valence-corrected chi connectivity index (χ3v) is 4.22. The van der Waals surface area contributed by atoms with E-state index in [9.17, 15) is 4.79 Å². The van der Waals surface area contributed by atoms with Crippen LogP contribution in [0.15, 0.2) is 34.9 Å². The van der Waals surface area contributed by atoms with Crippen LogP contribution in [0.2, 0.25) is 0 Å². The molecular formula is C19H23ClN4O2. The number of hydrogen-bond acceptors (Lipinski definition) is 5. The van der Waals surface area contributed by atoms with Crippen molar-refractivity contribution in [1.29, 1.82) is 0 Å². The van der Waals surface area contributed by atoms with Gasteiger partial charge in [-0.2, -0.15) is 0 Å². The van der Waals surface area contributed by atoms with Crippen LogP contribution in [-0.4, -0.2) is 29.1 Å².